The molecule has 0 aliphatic heterocycles. The Labute approximate surface area is 135 Å². The van der Waals surface area contributed by atoms with Gasteiger partial charge >= 0.3 is 0 Å². The SMILES string of the molecule is CCCC(C)(N)C(=O)Nc1ccc(Sc2ccncc2)cc1. The van der Waals surface area contributed by atoms with Crippen molar-refractivity contribution >= 4 is 23.4 Å². The number of amides is 1. The molecule has 0 aliphatic rings. The van der Waals surface area contributed by atoms with Gasteiger partial charge in [0, 0.05) is 27.9 Å². The maximum atomic E-state index is 12.2. The van der Waals surface area contributed by atoms with Gasteiger partial charge in [0.05, 0.1) is 5.54 Å². The van der Waals surface area contributed by atoms with Crippen molar-refractivity contribution in [2.45, 2.75) is 42.0 Å². The fraction of sp³-hybridized carbons (Fsp3) is 0.294. The third kappa shape index (κ3) is 4.58. The summed E-state index contributed by atoms with van der Waals surface area (Å²) in [6.07, 6.45) is 5.08. The molecule has 0 saturated heterocycles. The number of nitrogens with one attached hydrogen (secondary N) is 1. The lowest BCUT2D eigenvalue weighted by Crippen LogP contribution is -2.48. The second-order valence-corrected chi connectivity index (χ2v) is 6.58. The van der Waals surface area contributed by atoms with Gasteiger partial charge in [-0.2, -0.15) is 0 Å². The minimum absolute atomic E-state index is 0.149. The predicted octanol–water partition coefficient (Wildman–Crippen LogP) is 3.69. The predicted molar refractivity (Wildman–Crippen MR) is 90.9 cm³/mol. The van der Waals surface area contributed by atoms with E-state index >= 15 is 0 Å². The van der Waals surface area contributed by atoms with Crippen molar-refractivity contribution in [3.63, 3.8) is 0 Å². The number of hydrogen-bond donors (Lipinski definition) is 2. The topological polar surface area (TPSA) is 68.0 Å². The van der Waals surface area contributed by atoms with E-state index in [2.05, 4.69) is 10.3 Å². The molecule has 0 fully saturated rings. The van der Waals surface area contributed by atoms with Crippen LogP contribution in [0, 0.1) is 0 Å². The van der Waals surface area contributed by atoms with Gasteiger partial charge in [-0.25, -0.2) is 0 Å². The first kappa shape index (κ1) is 16.5. The van der Waals surface area contributed by atoms with Gasteiger partial charge in [-0.05, 0) is 49.7 Å². The molecule has 1 unspecified atom stereocenters. The van der Waals surface area contributed by atoms with Crippen LogP contribution in [-0.4, -0.2) is 16.4 Å². The quantitative estimate of drug-likeness (QED) is 0.853. The normalized spacial score (nSPS) is 13.4. The van der Waals surface area contributed by atoms with Crippen molar-refractivity contribution in [2.24, 2.45) is 5.73 Å². The molecule has 0 spiro atoms. The highest BCUT2D eigenvalue weighted by Crippen LogP contribution is 2.28. The van der Waals surface area contributed by atoms with Crippen LogP contribution < -0.4 is 11.1 Å². The van der Waals surface area contributed by atoms with Crippen molar-refractivity contribution in [2.75, 3.05) is 5.32 Å². The van der Waals surface area contributed by atoms with Crippen molar-refractivity contribution in [3.8, 4) is 0 Å². The van der Waals surface area contributed by atoms with Gasteiger partial charge in [-0.15, -0.1) is 0 Å². The average molecular weight is 315 g/mol. The highest BCUT2D eigenvalue weighted by molar-refractivity contribution is 7.99. The lowest BCUT2D eigenvalue weighted by atomic mass is 9.96. The summed E-state index contributed by atoms with van der Waals surface area (Å²) in [6.45, 7) is 3.78. The molecule has 2 aromatic rings. The van der Waals surface area contributed by atoms with Crippen molar-refractivity contribution < 1.29 is 4.79 Å². The molecule has 0 bridgehead atoms. The van der Waals surface area contributed by atoms with E-state index in [0.717, 1.165) is 21.9 Å². The van der Waals surface area contributed by atoms with Gasteiger partial charge in [0.25, 0.3) is 0 Å². The van der Waals surface area contributed by atoms with E-state index in [1.807, 2.05) is 43.3 Å². The Bertz CT molecular complexity index is 612. The summed E-state index contributed by atoms with van der Waals surface area (Å²) in [5, 5.41) is 2.87. The Morgan fingerprint density at radius 1 is 1.18 bits per heavy atom. The van der Waals surface area contributed by atoms with Crippen LogP contribution in [0.2, 0.25) is 0 Å². The summed E-state index contributed by atoms with van der Waals surface area (Å²) >= 11 is 1.65. The molecule has 2 rings (SSSR count). The number of nitrogens with two attached hydrogens (primary N) is 1. The highest BCUT2D eigenvalue weighted by Gasteiger charge is 2.26. The maximum Gasteiger partial charge on any atom is 0.244 e. The first-order valence-electron chi connectivity index (χ1n) is 7.29. The molecule has 3 N–H and O–H groups in total. The summed E-state index contributed by atoms with van der Waals surface area (Å²) < 4.78 is 0. The third-order valence-corrected chi connectivity index (χ3v) is 4.30. The first-order valence-corrected chi connectivity index (χ1v) is 8.11. The molecule has 0 saturated carbocycles. The molecule has 1 aromatic carbocycles. The van der Waals surface area contributed by atoms with Crippen LogP contribution in [0.5, 0.6) is 0 Å². The smallest absolute Gasteiger partial charge is 0.244 e. The van der Waals surface area contributed by atoms with Crippen LogP contribution in [0.1, 0.15) is 26.7 Å². The summed E-state index contributed by atoms with van der Waals surface area (Å²) in [5.41, 5.74) is 5.96. The monoisotopic (exact) mass is 315 g/mol. The maximum absolute atomic E-state index is 12.2. The van der Waals surface area contributed by atoms with Crippen LogP contribution >= 0.6 is 11.8 Å². The van der Waals surface area contributed by atoms with Gasteiger partial charge < -0.3 is 11.1 Å². The molecule has 4 nitrogen and oxygen atoms in total. The Morgan fingerprint density at radius 2 is 1.77 bits per heavy atom. The lowest BCUT2D eigenvalue weighted by molar-refractivity contribution is -0.120. The molecule has 1 amide bonds. The van der Waals surface area contributed by atoms with E-state index in [1.54, 1.807) is 31.1 Å². The number of anilines is 1. The standard InChI is InChI=1S/C17H21N3OS/c1-3-10-17(2,18)16(21)20-13-4-6-14(7-5-13)22-15-8-11-19-12-9-15/h4-9,11-12H,3,10,18H2,1-2H3,(H,20,21). The van der Waals surface area contributed by atoms with Gasteiger partial charge in [-0.1, -0.05) is 25.1 Å². The summed E-state index contributed by atoms with van der Waals surface area (Å²) in [7, 11) is 0. The zero-order valence-corrected chi connectivity index (χ0v) is 13.7. The molecule has 0 radical (unpaired) electrons. The van der Waals surface area contributed by atoms with E-state index in [9.17, 15) is 4.79 Å². The second-order valence-electron chi connectivity index (χ2n) is 5.43. The van der Waals surface area contributed by atoms with E-state index in [-0.39, 0.29) is 5.91 Å². The molecule has 22 heavy (non-hydrogen) atoms. The van der Waals surface area contributed by atoms with E-state index in [1.165, 1.54) is 0 Å². The summed E-state index contributed by atoms with van der Waals surface area (Å²) in [5.74, 6) is -0.149. The van der Waals surface area contributed by atoms with Gasteiger partial charge in [0.2, 0.25) is 5.91 Å². The van der Waals surface area contributed by atoms with Crippen molar-refractivity contribution in [3.05, 3.63) is 48.8 Å². The minimum Gasteiger partial charge on any atom is -0.325 e. The molecule has 116 valence electrons. The highest BCUT2D eigenvalue weighted by atomic mass is 32.2. The Balaban J connectivity index is 1.99. The number of pyridine rings is 1. The van der Waals surface area contributed by atoms with Gasteiger partial charge in [-0.3, -0.25) is 9.78 Å². The van der Waals surface area contributed by atoms with Gasteiger partial charge in [0.1, 0.15) is 0 Å². The summed E-state index contributed by atoms with van der Waals surface area (Å²) in [4.78, 5) is 18.4. The van der Waals surface area contributed by atoms with E-state index in [4.69, 9.17) is 5.73 Å². The van der Waals surface area contributed by atoms with Crippen LogP contribution in [0.3, 0.4) is 0 Å². The molecular weight excluding hydrogens is 294 g/mol. The number of carbonyl (C=O) groups excluding carboxylic acids is 1. The van der Waals surface area contributed by atoms with Crippen LogP contribution in [0.4, 0.5) is 5.69 Å². The van der Waals surface area contributed by atoms with Crippen LogP contribution in [-0.2, 0) is 4.79 Å². The van der Waals surface area contributed by atoms with Gasteiger partial charge in [0.15, 0.2) is 0 Å². The first-order chi connectivity index (χ1) is 10.5. The minimum atomic E-state index is -0.834. The second kappa shape index (κ2) is 7.42. The number of nitrogens with zero attached hydrogens (tertiary/aromatic N) is 1. The Kier molecular flexibility index (Phi) is 5.57. The summed E-state index contributed by atoms with van der Waals surface area (Å²) in [6, 6.07) is 11.7. The van der Waals surface area contributed by atoms with Crippen molar-refractivity contribution in [1.82, 2.24) is 4.98 Å². The number of rotatable bonds is 6. The number of benzene rings is 1. The number of aromatic nitrogens is 1. The fourth-order valence-electron chi connectivity index (χ4n) is 2.06. The molecular formula is C17H21N3OS. The molecule has 5 heteroatoms. The number of carbonyl (C=O) groups is 1. The largest absolute Gasteiger partial charge is 0.325 e. The van der Waals surface area contributed by atoms with Crippen LogP contribution in [0.15, 0.2) is 58.6 Å². The third-order valence-electron chi connectivity index (χ3n) is 3.29. The fourth-order valence-corrected chi connectivity index (χ4v) is 2.86. The Hall–Kier alpha value is -1.85. The molecule has 1 heterocycles. The van der Waals surface area contributed by atoms with E-state index in [0.29, 0.717) is 6.42 Å². The average Bonchev–Trinajstić information content (AvgIpc) is 2.50. The number of hydrogen-bond acceptors (Lipinski definition) is 4. The van der Waals surface area contributed by atoms with Crippen LogP contribution in [0.25, 0.3) is 0 Å². The lowest BCUT2D eigenvalue weighted by Gasteiger charge is -2.22. The molecule has 1 atom stereocenters. The molecule has 0 aliphatic carbocycles. The zero-order valence-electron chi connectivity index (χ0n) is 12.9. The van der Waals surface area contributed by atoms with E-state index < -0.39 is 5.54 Å². The zero-order chi connectivity index (χ0) is 16.0. The van der Waals surface area contributed by atoms with Crippen molar-refractivity contribution in [1.29, 1.82) is 0 Å². The Morgan fingerprint density at radius 3 is 2.36 bits per heavy atom. The molecule has 1 aromatic heterocycles.